The normalized spacial score (nSPS) is 10.4. The summed E-state index contributed by atoms with van der Waals surface area (Å²) in [5, 5.41) is 15.7. The molecule has 0 unspecified atom stereocenters. The molecule has 13 heavy (non-hydrogen) atoms. The molecular formula is C8H18O5. The van der Waals surface area contributed by atoms with E-state index in [9.17, 15) is 4.79 Å². The van der Waals surface area contributed by atoms with Gasteiger partial charge in [0.15, 0.2) is 0 Å². The summed E-state index contributed by atoms with van der Waals surface area (Å²) in [6, 6.07) is 0. The zero-order chi connectivity index (χ0) is 11.1. The third kappa shape index (κ3) is 24.7. The molecule has 0 saturated heterocycles. The van der Waals surface area contributed by atoms with E-state index in [1.165, 1.54) is 0 Å². The Morgan fingerprint density at radius 2 is 1.62 bits per heavy atom. The highest BCUT2D eigenvalue weighted by molar-refractivity contribution is 5.57. The van der Waals surface area contributed by atoms with Gasteiger partial charge in [0.1, 0.15) is 5.60 Å². The third-order valence-corrected chi connectivity index (χ3v) is 0.604. The summed E-state index contributed by atoms with van der Waals surface area (Å²) in [7, 11) is 0. The molecule has 0 aromatic carbocycles. The quantitative estimate of drug-likeness (QED) is 0.380. The minimum Gasteiger partial charge on any atom is -0.450 e. The Balaban J connectivity index is 0. The van der Waals surface area contributed by atoms with Crippen LogP contribution in [0, 0.1) is 0 Å². The molecular weight excluding hydrogens is 176 g/mol. The van der Waals surface area contributed by atoms with Crippen molar-refractivity contribution in [2.45, 2.75) is 46.3 Å². The zero-order valence-corrected chi connectivity index (χ0v) is 8.70. The van der Waals surface area contributed by atoms with Gasteiger partial charge in [-0.1, -0.05) is 0 Å². The summed E-state index contributed by atoms with van der Waals surface area (Å²) in [5.74, 6) is 0. The molecule has 0 saturated carbocycles. The lowest BCUT2D eigenvalue weighted by Gasteiger charge is -2.15. The van der Waals surface area contributed by atoms with Crippen LogP contribution in [0.2, 0.25) is 0 Å². The van der Waals surface area contributed by atoms with Gasteiger partial charge in [0, 0.05) is 0 Å². The molecule has 0 aromatic heterocycles. The molecule has 0 bridgehead atoms. The highest BCUT2D eigenvalue weighted by Gasteiger charge is 2.13. The Kier molecular flexibility index (Phi) is 7.55. The second kappa shape index (κ2) is 6.68. The summed E-state index contributed by atoms with van der Waals surface area (Å²) in [6.07, 6.45) is -1.28. The number of rotatable bonds is 1. The van der Waals surface area contributed by atoms with Crippen molar-refractivity contribution in [3.05, 3.63) is 0 Å². The van der Waals surface area contributed by atoms with Crippen LogP contribution in [-0.2, 0) is 9.62 Å². The smallest absolute Gasteiger partial charge is 0.450 e. The van der Waals surface area contributed by atoms with Crippen LogP contribution < -0.4 is 0 Å². The first-order valence-electron chi connectivity index (χ1n) is 3.91. The predicted molar refractivity (Wildman–Crippen MR) is 47.7 cm³/mol. The van der Waals surface area contributed by atoms with Gasteiger partial charge in [-0.3, -0.25) is 5.26 Å². The van der Waals surface area contributed by atoms with E-state index in [0.29, 0.717) is 0 Å². The highest BCUT2D eigenvalue weighted by Crippen LogP contribution is 2.05. The highest BCUT2D eigenvalue weighted by atomic mass is 17.1. The van der Waals surface area contributed by atoms with Crippen molar-refractivity contribution in [3.8, 4) is 0 Å². The summed E-state index contributed by atoms with van der Waals surface area (Å²) in [6.45, 7) is 8.54. The molecule has 0 fully saturated rings. The van der Waals surface area contributed by atoms with Gasteiger partial charge < -0.3 is 9.84 Å². The molecule has 5 heteroatoms. The molecule has 5 nitrogen and oxygen atoms in total. The number of ether oxygens (including phenoxy) is 1. The van der Waals surface area contributed by atoms with Crippen LogP contribution in [0.15, 0.2) is 0 Å². The Morgan fingerprint density at radius 3 is 1.62 bits per heavy atom. The summed E-state index contributed by atoms with van der Waals surface area (Å²) >= 11 is 0. The van der Waals surface area contributed by atoms with E-state index in [2.05, 4.69) is 9.62 Å². The maximum atomic E-state index is 9.79. The molecule has 2 N–H and O–H groups in total. The fourth-order valence-electron chi connectivity index (χ4n) is 0.262. The SMILES string of the molecule is CC(C)(C)OC(=O)O.CC(C)OO. The minimum absolute atomic E-state index is 0.0602. The average Bonchev–Trinajstić information content (AvgIpc) is 1.83. The molecule has 0 aromatic rings. The van der Waals surface area contributed by atoms with Crippen LogP contribution in [0.3, 0.4) is 0 Å². The average molecular weight is 194 g/mol. The van der Waals surface area contributed by atoms with Gasteiger partial charge in [0.25, 0.3) is 0 Å². The fraction of sp³-hybridized carbons (Fsp3) is 0.875. The molecule has 0 atom stereocenters. The van der Waals surface area contributed by atoms with Crippen molar-refractivity contribution in [2.24, 2.45) is 0 Å². The monoisotopic (exact) mass is 194 g/mol. The van der Waals surface area contributed by atoms with E-state index in [4.69, 9.17) is 10.4 Å². The molecule has 80 valence electrons. The number of hydrogen-bond acceptors (Lipinski definition) is 4. The van der Waals surface area contributed by atoms with E-state index in [-0.39, 0.29) is 6.10 Å². The van der Waals surface area contributed by atoms with Crippen molar-refractivity contribution in [1.29, 1.82) is 0 Å². The summed E-state index contributed by atoms with van der Waals surface area (Å²) < 4.78 is 4.35. The van der Waals surface area contributed by atoms with E-state index in [1.807, 2.05) is 0 Å². The van der Waals surface area contributed by atoms with Crippen molar-refractivity contribution in [1.82, 2.24) is 0 Å². The minimum atomic E-state index is -1.22. The second-order valence-corrected chi connectivity index (χ2v) is 3.63. The standard InChI is InChI=1S/C5H10O3.C3H8O2/c1-5(2,3)8-4(6)7;1-3(2)5-4/h1-3H3,(H,6,7);3-4H,1-2H3. The summed E-state index contributed by atoms with van der Waals surface area (Å²) in [4.78, 5) is 13.5. The zero-order valence-electron chi connectivity index (χ0n) is 8.70. The van der Waals surface area contributed by atoms with Gasteiger partial charge in [0.2, 0.25) is 0 Å². The number of carbonyl (C=O) groups is 1. The summed E-state index contributed by atoms with van der Waals surface area (Å²) in [5.41, 5.74) is -0.578. The number of carboxylic acid groups (broad SMARTS) is 1. The second-order valence-electron chi connectivity index (χ2n) is 3.63. The van der Waals surface area contributed by atoms with Crippen LogP contribution in [0.4, 0.5) is 4.79 Å². The Labute approximate surface area is 78.2 Å². The molecule has 0 radical (unpaired) electrons. The molecule has 0 rings (SSSR count). The number of hydrogen-bond donors (Lipinski definition) is 2. The van der Waals surface area contributed by atoms with Gasteiger partial charge >= 0.3 is 6.16 Å². The maximum Gasteiger partial charge on any atom is 0.506 e. The lowest BCUT2D eigenvalue weighted by molar-refractivity contribution is -0.269. The molecule has 0 spiro atoms. The van der Waals surface area contributed by atoms with Crippen LogP contribution >= 0.6 is 0 Å². The van der Waals surface area contributed by atoms with Crippen molar-refractivity contribution < 1.29 is 24.8 Å². The molecule has 0 aliphatic rings. The van der Waals surface area contributed by atoms with Gasteiger partial charge in [-0.25, -0.2) is 9.68 Å². The molecule has 0 aliphatic heterocycles. The first-order chi connectivity index (χ1) is 5.69. The van der Waals surface area contributed by atoms with Gasteiger partial charge in [-0.2, -0.15) is 0 Å². The Morgan fingerprint density at radius 1 is 1.31 bits per heavy atom. The largest absolute Gasteiger partial charge is 0.506 e. The van der Waals surface area contributed by atoms with Crippen molar-refractivity contribution >= 4 is 6.16 Å². The lowest BCUT2D eigenvalue weighted by atomic mass is 10.2. The van der Waals surface area contributed by atoms with Crippen molar-refractivity contribution in [3.63, 3.8) is 0 Å². The Bertz CT molecular complexity index is 136. The topological polar surface area (TPSA) is 76.0 Å². The first kappa shape index (κ1) is 14.7. The van der Waals surface area contributed by atoms with Crippen LogP contribution in [-0.4, -0.2) is 28.2 Å². The van der Waals surface area contributed by atoms with Gasteiger partial charge in [0.05, 0.1) is 6.10 Å². The van der Waals surface area contributed by atoms with Gasteiger partial charge in [-0.05, 0) is 34.6 Å². The van der Waals surface area contributed by atoms with E-state index < -0.39 is 11.8 Å². The van der Waals surface area contributed by atoms with E-state index >= 15 is 0 Å². The van der Waals surface area contributed by atoms with Crippen LogP contribution in [0.5, 0.6) is 0 Å². The first-order valence-corrected chi connectivity index (χ1v) is 3.91. The van der Waals surface area contributed by atoms with Gasteiger partial charge in [-0.15, -0.1) is 0 Å². The molecule has 0 amide bonds. The fourth-order valence-corrected chi connectivity index (χ4v) is 0.262. The third-order valence-electron chi connectivity index (χ3n) is 0.604. The Hall–Kier alpha value is -0.810. The molecule has 0 heterocycles. The maximum absolute atomic E-state index is 9.79. The predicted octanol–water partition coefficient (Wildman–Crippen LogP) is 2.36. The van der Waals surface area contributed by atoms with Crippen LogP contribution in [0.25, 0.3) is 0 Å². The van der Waals surface area contributed by atoms with Crippen molar-refractivity contribution in [2.75, 3.05) is 0 Å². The molecule has 0 aliphatic carbocycles. The lowest BCUT2D eigenvalue weighted by Crippen LogP contribution is -2.22. The van der Waals surface area contributed by atoms with Crippen LogP contribution in [0.1, 0.15) is 34.6 Å². The van der Waals surface area contributed by atoms with E-state index in [1.54, 1.807) is 34.6 Å². The van der Waals surface area contributed by atoms with E-state index in [0.717, 1.165) is 0 Å².